The maximum Gasteiger partial charge on any atom is 0.253 e. The van der Waals surface area contributed by atoms with Crippen LogP contribution in [-0.2, 0) is 11.3 Å². The van der Waals surface area contributed by atoms with E-state index in [1.807, 2.05) is 53.4 Å². The summed E-state index contributed by atoms with van der Waals surface area (Å²) in [6.07, 6.45) is 4.12. The van der Waals surface area contributed by atoms with Gasteiger partial charge in [-0.1, -0.05) is 42.0 Å². The lowest BCUT2D eigenvalue weighted by Crippen LogP contribution is -2.38. The summed E-state index contributed by atoms with van der Waals surface area (Å²) in [6, 6.07) is 20.5. The van der Waals surface area contributed by atoms with Crippen LogP contribution in [0.25, 0.3) is 10.8 Å². The van der Waals surface area contributed by atoms with Crippen molar-refractivity contribution >= 4 is 22.6 Å². The second-order valence-corrected chi connectivity index (χ2v) is 9.52. The highest BCUT2D eigenvalue weighted by atomic mass is 19.1. The van der Waals surface area contributed by atoms with E-state index in [1.165, 1.54) is 11.6 Å². The number of halogens is 1. The molecule has 2 saturated heterocycles. The molecule has 0 radical (unpaired) electrons. The monoisotopic (exact) mass is 471 g/mol. The van der Waals surface area contributed by atoms with Gasteiger partial charge in [-0.05, 0) is 65.9 Å². The predicted molar refractivity (Wildman–Crippen MR) is 135 cm³/mol. The van der Waals surface area contributed by atoms with Crippen LogP contribution in [0, 0.1) is 5.82 Å². The van der Waals surface area contributed by atoms with Crippen molar-refractivity contribution in [1.82, 2.24) is 15.1 Å². The summed E-state index contributed by atoms with van der Waals surface area (Å²) in [5.41, 5.74) is 3.00. The Labute approximate surface area is 205 Å². The first-order valence-corrected chi connectivity index (χ1v) is 12.3. The van der Waals surface area contributed by atoms with Crippen LogP contribution in [-0.4, -0.2) is 53.8 Å². The fraction of sp³-hybridized carbons (Fsp3) is 0.310. The highest BCUT2D eigenvalue weighted by Crippen LogP contribution is 2.21. The maximum absolute atomic E-state index is 13.4. The number of nitrogens with one attached hydrogen (secondary N) is 1. The van der Waals surface area contributed by atoms with E-state index in [-0.39, 0.29) is 23.7 Å². The van der Waals surface area contributed by atoms with Crippen molar-refractivity contribution in [2.45, 2.75) is 31.8 Å². The van der Waals surface area contributed by atoms with Gasteiger partial charge >= 0.3 is 0 Å². The van der Waals surface area contributed by atoms with Gasteiger partial charge in [0.15, 0.2) is 0 Å². The highest BCUT2D eigenvalue weighted by molar-refractivity contribution is 5.94. The Kier molecular flexibility index (Phi) is 6.91. The normalized spacial score (nSPS) is 18.6. The van der Waals surface area contributed by atoms with Gasteiger partial charge in [-0.3, -0.25) is 14.5 Å². The molecule has 2 aliphatic rings. The molecular weight excluding hydrogens is 441 g/mol. The van der Waals surface area contributed by atoms with Crippen molar-refractivity contribution in [3.05, 3.63) is 95.3 Å². The number of rotatable bonds is 5. The standard InChI is InChI=1S/C29H30FN3O2/c30-26-9-8-24-16-22(6-7-25(24)18-26)19-32-13-12-27(20-32)31-28(34)17-21-10-14-33(15-11-21)29(35)23-4-2-1-3-5-23/h1-9,16-18,27H,10-15,19-20H2,(H,31,34). The molecule has 0 spiro atoms. The molecule has 1 atom stereocenters. The number of piperidine rings is 1. The minimum atomic E-state index is -0.218. The fourth-order valence-electron chi connectivity index (χ4n) is 5.05. The molecule has 0 saturated carbocycles. The van der Waals surface area contributed by atoms with Crippen LogP contribution >= 0.6 is 0 Å². The van der Waals surface area contributed by atoms with Gasteiger partial charge in [0, 0.05) is 50.4 Å². The van der Waals surface area contributed by atoms with E-state index in [2.05, 4.69) is 16.3 Å². The SMILES string of the molecule is O=C(C=C1CCN(C(=O)c2ccccc2)CC1)NC1CCN(Cc2ccc3cc(F)ccc3c2)C1. The molecule has 2 amide bonds. The summed E-state index contributed by atoms with van der Waals surface area (Å²) in [7, 11) is 0. The third-order valence-electron chi connectivity index (χ3n) is 6.94. The summed E-state index contributed by atoms with van der Waals surface area (Å²) >= 11 is 0. The number of fused-ring (bicyclic) bond motifs is 1. The van der Waals surface area contributed by atoms with Gasteiger partial charge in [0.1, 0.15) is 5.82 Å². The minimum absolute atomic E-state index is 0.0394. The van der Waals surface area contributed by atoms with E-state index in [1.54, 1.807) is 12.1 Å². The lowest BCUT2D eigenvalue weighted by Gasteiger charge is -2.28. The molecule has 0 bridgehead atoms. The summed E-state index contributed by atoms with van der Waals surface area (Å²) in [6.45, 7) is 3.84. The zero-order valence-electron chi connectivity index (χ0n) is 19.8. The highest BCUT2D eigenvalue weighted by Gasteiger charge is 2.24. The second kappa shape index (κ2) is 10.4. The summed E-state index contributed by atoms with van der Waals surface area (Å²) in [5.74, 6) is -0.203. The molecule has 35 heavy (non-hydrogen) atoms. The molecule has 1 N–H and O–H groups in total. The first-order valence-electron chi connectivity index (χ1n) is 12.3. The molecule has 2 fully saturated rings. The van der Waals surface area contributed by atoms with Gasteiger partial charge in [0.25, 0.3) is 5.91 Å². The van der Waals surface area contributed by atoms with E-state index in [0.29, 0.717) is 18.7 Å². The molecule has 180 valence electrons. The van der Waals surface area contributed by atoms with Crippen molar-refractivity contribution in [2.75, 3.05) is 26.2 Å². The topological polar surface area (TPSA) is 52.7 Å². The Morgan fingerprint density at radius 3 is 2.49 bits per heavy atom. The van der Waals surface area contributed by atoms with Crippen LogP contribution in [0.5, 0.6) is 0 Å². The molecular formula is C29H30FN3O2. The summed E-state index contributed by atoms with van der Waals surface area (Å²) in [4.78, 5) is 29.4. The van der Waals surface area contributed by atoms with E-state index in [4.69, 9.17) is 0 Å². The number of carbonyl (C=O) groups is 2. The Bertz CT molecular complexity index is 1250. The maximum atomic E-state index is 13.4. The molecule has 2 heterocycles. The first-order chi connectivity index (χ1) is 17.0. The fourth-order valence-corrected chi connectivity index (χ4v) is 5.05. The number of hydrogen-bond acceptors (Lipinski definition) is 3. The Balaban J connectivity index is 1.09. The van der Waals surface area contributed by atoms with Gasteiger partial charge in [0.05, 0.1) is 0 Å². The van der Waals surface area contributed by atoms with Gasteiger partial charge in [-0.2, -0.15) is 0 Å². The largest absolute Gasteiger partial charge is 0.348 e. The zero-order valence-corrected chi connectivity index (χ0v) is 19.8. The first kappa shape index (κ1) is 23.2. The van der Waals surface area contributed by atoms with Crippen molar-refractivity contribution < 1.29 is 14.0 Å². The third-order valence-corrected chi connectivity index (χ3v) is 6.94. The van der Waals surface area contributed by atoms with Gasteiger partial charge < -0.3 is 10.2 Å². The lowest BCUT2D eigenvalue weighted by molar-refractivity contribution is -0.117. The van der Waals surface area contributed by atoms with Crippen LogP contribution in [0.15, 0.2) is 78.4 Å². The molecule has 2 aliphatic heterocycles. The molecule has 3 aromatic carbocycles. The predicted octanol–water partition coefficient (Wildman–Crippen LogP) is 4.53. The summed E-state index contributed by atoms with van der Waals surface area (Å²) in [5, 5.41) is 5.10. The number of carbonyl (C=O) groups excluding carboxylic acids is 2. The molecule has 3 aromatic rings. The number of benzene rings is 3. The van der Waals surface area contributed by atoms with Crippen LogP contribution < -0.4 is 5.32 Å². The van der Waals surface area contributed by atoms with Gasteiger partial charge in [0.2, 0.25) is 5.91 Å². The van der Waals surface area contributed by atoms with Gasteiger partial charge in [-0.15, -0.1) is 0 Å². The van der Waals surface area contributed by atoms with Crippen molar-refractivity contribution in [3.63, 3.8) is 0 Å². The molecule has 0 aliphatic carbocycles. The number of nitrogens with zero attached hydrogens (tertiary/aromatic N) is 2. The average Bonchev–Trinajstić information content (AvgIpc) is 3.31. The minimum Gasteiger partial charge on any atom is -0.348 e. The number of amides is 2. The van der Waals surface area contributed by atoms with Gasteiger partial charge in [-0.25, -0.2) is 4.39 Å². The molecule has 5 rings (SSSR count). The van der Waals surface area contributed by atoms with E-state index in [9.17, 15) is 14.0 Å². The zero-order chi connectivity index (χ0) is 24.2. The summed E-state index contributed by atoms with van der Waals surface area (Å²) < 4.78 is 13.4. The molecule has 5 nitrogen and oxygen atoms in total. The Hall–Kier alpha value is -3.51. The van der Waals surface area contributed by atoms with E-state index in [0.717, 1.165) is 55.2 Å². The molecule has 6 heteroatoms. The van der Waals surface area contributed by atoms with Crippen LogP contribution in [0.3, 0.4) is 0 Å². The van der Waals surface area contributed by atoms with Crippen LogP contribution in [0.4, 0.5) is 4.39 Å². The smallest absolute Gasteiger partial charge is 0.253 e. The quantitative estimate of drug-likeness (QED) is 0.557. The van der Waals surface area contributed by atoms with Crippen LogP contribution in [0.1, 0.15) is 35.2 Å². The van der Waals surface area contributed by atoms with Crippen molar-refractivity contribution in [3.8, 4) is 0 Å². The lowest BCUT2D eigenvalue weighted by atomic mass is 10.0. The van der Waals surface area contributed by atoms with Crippen molar-refractivity contribution in [1.29, 1.82) is 0 Å². The molecule has 1 unspecified atom stereocenters. The number of hydrogen-bond donors (Lipinski definition) is 1. The van der Waals surface area contributed by atoms with E-state index < -0.39 is 0 Å². The second-order valence-electron chi connectivity index (χ2n) is 9.52. The number of likely N-dealkylation sites (tertiary alicyclic amines) is 2. The van der Waals surface area contributed by atoms with Crippen molar-refractivity contribution in [2.24, 2.45) is 0 Å². The van der Waals surface area contributed by atoms with E-state index >= 15 is 0 Å². The Morgan fingerprint density at radius 1 is 0.943 bits per heavy atom. The molecule has 0 aromatic heterocycles. The third kappa shape index (κ3) is 5.77. The Morgan fingerprint density at radius 2 is 1.69 bits per heavy atom. The average molecular weight is 472 g/mol. The van der Waals surface area contributed by atoms with Crippen LogP contribution in [0.2, 0.25) is 0 Å².